The molecule has 306 valence electrons. The number of allylic oxidation sites excluding steroid dienone is 6. The van der Waals surface area contributed by atoms with E-state index in [-0.39, 0.29) is 5.92 Å². The van der Waals surface area contributed by atoms with Gasteiger partial charge in [-0.25, -0.2) is 0 Å². The van der Waals surface area contributed by atoms with Gasteiger partial charge in [-0.15, -0.1) is 0 Å². The van der Waals surface area contributed by atoms with Crippen LogP contribution in [0.25, 0.3) is 55.0 Å². The zero-order chi connectivity index (χ0) is 42.4. The van der Waals surface area contributed by atoms with Crippen molar-refractivity contribution >= 4 is 66.4 Å². The monoisotopic (exact) mass is 822 g/mol. The van der Waals surface area contributed by atoms with E-state index in [1.165, 1.54) is 71.9 Å². The summed E-state index contributed by atoms with van der Waals surface area (Å²) >= 11 is 0. The van der Waals surface area contributed by atoms with Gasteiger partial charge in [0, 0.05) is 73.0 Å². The summed E-state index contributed by atoms with van der Waals surface area (Å²) in [5.41, 5.74) is 15.5. The summed E-state index contributed by atoms with van der Waals surface area (Å²) in [5.74, 6) is 0.268. The van der Waals surface area contributed by atoms with E-state index < -0.39 is 0 Å². The van der Waals surface area contributed by atoms with Crippen molar-refractivity contribution in [2.75, 3.05) is 9.80 Å². The molecular formula is C60H46N4. The van der Waals surface area contributed by atoms with Crippen LogP contribution in [0.2, 0.25) is 0 Å². The van der Waals surface area contributed by atoms with Crippen molar-refractivity contribution < 1.29 is 0 Å². The molecule has 4 heteroatoms. The minimum atomic E-state index is 0.268. The zero-order valence-electron chi connectivity index (χ0n) is 35.5. The molecule has 10 aromatic rings. The van der Waals surface area contributed by atoms with Crippen LogP contribution < -0.4 is 9.80 Å². The van der Waals surface area contributed by atoms with Crippen molar-refractivity contribution in [2.24, 2.45) is 0 Å². The van der Waals surface area contributed by atoms with Crippen molar-refractivity contribution in [3.63, 3.8) is 0 Å². The minimum Gasteiger partial charge on any atom is -0.311 e. The highest BCUT2D eigenvalue weighted by Crippen LogP contribution is 2.42. The Kier molecular flexibility index (Phi) is 9.41. The molecule has 0 saturated heterocycles. The second-order valence-electron chi connectivity index (χ2n) is 16.8. The number of hydrogen-bond acceptors (Lipinski definition) is 2. The molecule has 2 aromatic heterocycles. The van der Waals surface area contributed by atoms with Crippen LogP contribution in [0.15, 0.2) is 248 Å². The highest BCUT2D eigenvalue weighted by Gasteiger charge is 2.22. The topological polar surface area (TPSA) is 16.3 Å². The molecule has 1 atom stereocenters. The van der Waals surface area contributed by atoms with E-state index in [1.54, 1.807) is 0 Å². The number of rotatable bonds is 9. The molecule has 0 aliphatic heterocycles. The Bertz CT molecular complexity index is 3460. The fourth-order valence-corrected chi connectivity index (χ4v) is 10.0. The van der Waals surface area contributed by atoms with Gasteiger partial charge in [0.25, 0.3) is 0 Å². The van der Waals surface area contributed by atoms with Gasteiger partial charge in [0.15, 0.2) is 0 Å². The van der Waals surface area contributed by atoms with Crippen molar-refractivity contribution in [2.45, 2.75) is 25.2 Å². The molecule has 0 bridgehead atoms. The van der Waals surface area contributed by atoms with Gasteiger partial charge >= 0.3 is 0 Å². The standard InChI is InChI=1S/C60H46N4/c1-5-17-45(18-6-1)61(51-37-39-59-55(41-51)53-25-13-15-27-57(53)63(59)47-21-9-3-10-22-47)49-33-29-43(30-34-49)44-31-35-50(36-32-44)62(46-19-7-2-8-20-46)52-38-40-60-56(42-52)54-26-14-16-28-58(54)64(60)48-23-11-4-12-24-48/h1,3-7,9-29,31-43H,2,8,30H2. The summed E-state index contributed by atoms with van der Waals surface area (Å²) in [6, 6.07) is 72.8. The quantitative estimate of drug-likeness (QED) is 0.144. The van der Waals surface area contributed by atoms with E-state index >= 15 is 0 Å². The molecule has 4 nitrogen and oxygen atoms in total. The highest BCUT2D eigenvalue weighted by atomic mass is 15.2. The largest absolute Gasteiger partial charge is 0.311 e. The van der Waals surface area contributed by atoms with Crippen LogP contribution in [-0.2, 0) is 0 Å². The predicted molar refractivity (Wildman–Crippen MR) is 270 cm³/mol. The maximum Gasteiger partial charge on any atom is 0.0542 e. The van der Waals surface area contributed by atoms with Crippen molar-refractivity contribution in [1.82, 2.24) is 9.13 Å². The third-order valence-corrected chi connectivity index (χ3v) is 13.0. The summed E-state index contributed by atoms with van der Waals surface area (Å²) < 4.78 is 4.76. The van der Waals surface area contributed by atoms with Crippen molar-refractivity contribution in [1.29, 1.82) is 0 Å². The minimum absolute atomic E-state index is 0.268. The molecular weight excluding hydrogens is 777 g/mol. The van der Waals surface area contributed by atoms with Gasteiger partial charge < -0.3 is 18.9 Å². The lowest BCUT2D eigenvalue weighted by Gasteiger charge is -2.30. The maximum atomic E-state index is 2.42. The van der Waals surface area contributed by atoms with Crippen LogP contribution in [0.3, 0.4) is 0 Å². The molecule has 2 aliphatic rings. The summed E-state index contributed by atoms with van der Waals surface area (Å²) in [6.45, 7) is 0. The Morgan fingerprint density at radius 1 is 0.375 bits per heavy atom. The molecule has 8 aromatic carbocycles. The van der Waals surface area contributed by atoms with E-state index in [9.17, 15) is 0 Å². The molecule has 1 unspecified atom stereocenters. The van der Waals surface area contributed by atoms with Gasteiger partial charge in [0.2, 0.25) is 0 Å². The van der Waals surface area contributed by atoms with Gasteiger partial charge in [-0.1, -0.05) is 127 Å². The second-order valence-corrected chi connectivity index (χ2v) is 16.8. The SMILES string of the molecule is C1=CC(N(c2ccc(C3C=CC(N(c4ccccc4)c4ccc5c(c4)c4ccccc4n5-c4ccccc4)=CC3)cc2)c2ccc3c(c2)c2ccccc2n3-c2ccccc2)=CCC1. The number of nitrogens with zero attached hydrogens (tertiary/aromatic N) is 4. The Balaban J connectivity index is 0.869. The van der Waals surface area contributed by atoms with Crippen LogP contribution in [0.4, 0.5) is 22.7 Å². The van der Waals surface area contributed by atoms with E-state index in [0.29, 0.717) is 0 Å². The molecule has 0 spiro atoms. The van der Waals surface area contributed by atoms with Gasteiger partial charge in [0.05, 0.1) is 22.1 Å². The highest BCUT2D eigenvalue weighted by molar-refractivity contribution is 6.11. The molecule has 12 rings (SSSR count). The Morgan fingerprint density at radius 3 is 1.36 bits per heavy atom. The predicted octanol–water partition coefficient (Wildman–Crippen LogP) is 16.0. The first kappa shape index (κ1) is 37.7. The summed E-state index contributed by atoms with van der Waals surface area (Å²) in [7, 11) is 0. The molecule has 2 aliphatic carbocycles. The summed E-state index contributed by atoms with van der Waals surface area (Å²) in [4.78, 5) is 4.83. The van der Waals surface area contributed by atoms with Crippen LogP contribution in [0.5, 0.6) is 0 Å². The molecule has 0 radical (unpaired) electrons. The number of anilines is 4. The van der Waals surface area contributed by atoms with Gasteiger partial charge in [-0.2, -0.15) is 0 Å². The Labute approximate surface area is 373 Å². The van der Waals surface area contributed by atoms with Gasteiger partial charge in [-0.05, 0) is 134 Å². The van der Waals surface area contributed by atoms with Crippen LogP contribution in [-0.4, -0.2) is 9.13 Å². The number of benzene rings is 8. The summed E-state index contributed by atoms with van der Waals surface area (Å²) in [6.07, 6.45) is 17.1. The normalized spacial score (nSPS) is 14.9. The van der Waals surface area contributed by atoms with E-state index in [2.05, 4.69) is 256 Å². The first-order valence-electron chi connectivity index (χ1n) is 22.4. The van der Waals surface area contributed by atoms with Crippen LogP contribution in [0.1, 0.15) is 30.7 Å². The van der Waals surface area contributed by atoms with Gasteiger partial charge in [-0.3, -0.25) is 0 Å². The number of hydrogen-bond donors (Lipinski definition) is 0. The van der Waals surface area contributed by atoms with E-state index in [0.717, 1.165) is 42.0 Å². The first-order chi connectivity index (χ1) is 31.8. The zero-order valence-corrected chi connectivity index (χ0v) is 35.5. The molecule has 0 N–H and O–H groups in total. The Morgan fingerprint density at radius 2 is 0.844 bits per heavy atom. The smallest absolute Gasteiger partial charge is 0.0542 e. The second kappa shape index (κ2) is 16.0. The molecule has 0 amide bonds. The number of para-hydroxylation sites is 5. The Hall–Kier alpha value is -8.08. The molecule has 0 fully saturated rings. The van der Waals surface area contributed by atoms with Crippen molar-refractivity contribution in [3.05, 3.63) is 254 Å². The van der Waals surface area contributed by atoms with E-state index in [1.807, 2.05) is 0 Å². The fraction of sp³-hybridized carbons (Fsp3) is 0.0667. The molecule has 2 heterocycles. The maximum absolute atomic E-state index is 2.42. The lowest BCUT2D eigenvalue weighted by molar-refractivity contribution is 0.840. The summed E-state index contributed by atoms with van der Waals surface area (Å²) in [5, 5.41) is 4.99. The third kappa shape index (κ3) is 6.54. The van der Waals surface area contributed by atoms with Gasteiger partial charge in [0.1, 0.15) is 0 Å². The number of fused-ring (bicyclic) bond motifs is 6. The van der Waals surface area contributed by atoms with Crippen LogP contribution >= 0.6 is 0 Å². The molecule has 64 heavy (non-hydrogen) atoms. The van der Waals surface area contributed by atoms with Crippen molar-refractivity contribution in [3.8, 4) is 11.4 Å². The lowest BCUT2D eigenvalue weighted by atomic mass is 9.91. The lowest BCUT2D eigenvalue weighted by Crippen LogP contribution is -2.17. The van der Waals surface area contributed by atoms with Crippen LogP contribution in [0, 0.1) is 0 Å². The number of aromatic nitrogens is 2. The third-order valence-electron chi connectivity index (χ3n) is 13.0. The van der Waals surface area contributed by atoms with E-state index in [4.69, 9.17) is 0 Å². The average Bonchev–Trinajstić information content (AvgIpc) is 3.88. The first-order valence-corrected chi connectivity index (χ1v) is 22.4. The fourth-order valence-electron chi connectivity index (χ4n) is 10.0. The average molecular weight is 823 g/mol. The molecule has 0 saturated carbocycles.